The van der Waals surface area contributed by atoms with Crippen LogP contribution in [0.25, 0.3) is 11.2 Å². The summed E-state index contributed by atoms with van der Waals surface area (Å²) in [6.45, 7) is 3.04. The number of hydrogen-bond donors (Lipinski definition) is 2. The lowest BCUT2D eigenvalue weighted by atomic mass is 10.2. The quantitative estimate of drug-likeness (QED) is 0.182. The number of benzene rings is 2. The Hall–Kier alpha value is -3.15. The average molecular weight is 560 g/mol. The SMILES string of the molecule is Cc1ccc(C(=O)SCCOP(COCCn2cnc3c(=O)[nH]c(N)nc32)OCc2cccc(F)c2)cc1. The number of carbonyl (C=O) groups is 1. The summed E-state index contributed by atoms with van der Waals surface area (Å²) < 4.78 is 32.8. The minimum atomic E-state index is -1.48. The molecule has 0 aliphatic heterocycles. The Bertz CT molecular complexity index is 1430. The highest BCUT2D eigenvalue weighted by molar-refractivity contribution is 8.14. The zero-order chi connectivity index (χ0) is 26.9. The van der Waals surface area contributed by atoms with Crippen LogP contribution in [0.5, 0.6) is 0 Å². The maximum absolute atomic E-state index is 13.5. The Labute approximate surface area is 223 Å². The van der Waals surface area contributed by atoms with Crippen LogP contribution in [0.4, 0.5) is 10.3 Å². The molecule has 1 unspecified atom stereocenters. The van der Waals surface area contributed by atoms with E-state index in [1.807, 2.05) is 19.1 Å². The van der Waals surface area contributed by atoms with E-state index in [0.29, 0.717) is 29.1 Å². The molecule has 0 saturated heterocycles. The number of imidazole rings is 1. The van der Waals surface area contributed by atoms with E-state index in [1.165, 1.54) is 30.2 Å². The van der Waals surface area contributed by atoms with Crippen LogP contribution in [-0.2, 0) is 26.9 Å². The minimum absolute atomic E-state index is 0.00608. The smallest absolute Gasteiger partial charge is 0.280 e. The van der Waals surface area contributed by atoms with Crippen LogP contribution in [-0.4, -0.2) is 49.9 Å². The molecule has 1 atom stereocenters. The normalized spacial score (nSPS) is 12.2. The number of hydrogen-bond acceptors (Lipinski definition) is 9. The monoisotopic (exact) mass is 559 g/mol. The first-order valence-corrected chi connectivity index (χ1v) is 14.0. The molecule has 2 aromatic heterocycles. The molecule has 38 heavy (non-hydrogen) atoms. The summed E-state index contributed by atoms with van der Waals surface area (Å²) in [6.07, 6.45) is 1.65. The Morgan fingerprint density at radius 3 is 2.79 bits per heavy atom. The number of halogens is 1. The molecule has 0 aliphatic carbocycles. The number of ether oxygens (including phenoxy) is 1. The Balaban J connectivity index is 1.28. The number of aromatic amines is 1. The summed E-state index contributed by atoms with van der Waals surface area (Å²) in [5.41, 5.74) is 8.19. The highest BCUT2D eigenvalue weighted by Crippen LogP contribution is 2.39. The van der Waals surface area contributed by atoms with E-state index in [2.05, 4.69) is 15.0 Å². The number of nitrogens with zero attached hydrogens (tertiary/aromatic N) is 3. The molecule has 2 aromatic carbocycles. The second-order valence-electron chi connectivity index (χ2n) is 8.17. The van der Waals surface area contributed by atoms with Crippen molar-refractivity contribution in [2.24, 2.45) is 0 Å². The van der Waals surface area contributed by atoms with Crippen molar-refractivity contribution in [1.29, 1.82) is 0 Å². The van der Waals surface area contributed by atoms with Crippen LogP contribution in [0.15, 0.2) is 59.7 Å². The van der Waals surface area contributed by atoms with E-state index in [4.69, 9.17) is 19.5 Å². The van der Waals surface area contributed by atoms with Crippen molar-refractivity contribution >= 4 is 42.4 Å². The van der Waals surface area contributed by atoms with E-state index < -0.39 is 13.9 Å². The summed E-state index contributed by atoms with van der Waals surface area (Å²) >= 11 is 1.17. The predicted molar refractivity (Wildman–Crippen MR) is 145 cm³/mol. The molecule has 4 aromatic rings. The number of fused-ring (bicyclic) bond motifs is 1. The fourth-order valence-corrected chi connectivity index (χ4v) is 5.24. The van der Waals surface area contributed by atoms with Crippen molar-refractivity contribution in [3.8, 4) is 0 Å². The van der Waals surface area contributed by atoms with Crippen molar-refractivity contribution in [2.45, 2.75) is 20.1 Å². The van der Waals surface area contributed by atoms with Crippen LogP contribution in [0.1, 0.15) is 21.5 Å². The summed E-state index contributed by atoms with van der Waals surface area (Å²) in [7, 11) is -1.48. The number of nitrogens with one attached hydrogen (secondary N) is 1. The highest BCUT2D eigenvalue weighted by atomic mass is 32.2. The number of carbonyl (C=O) groups excluding carboxylic acids is 1. The molecule has 10 nitrogen and oxygen atoms in total. The number of rotatable bonds is 13. The van der Waals surface area contributed by atoms with Gasteiger partial charge >= 0.3 is 0 Å². The van der Waals surface area contributed by atoms with Gasteiger partial charge in [-0.05, 0) is 24.6 Å². The molecular formula is C25H27FN5O5PS. The fourth-order valence-electron chi connectivity index (χ4n) is 3.37. The average Bonchev–Trinajstić information content (AvgIpc) is 3.30. The first-order valence-electron chi connectivity index (χ1n) is 11.7. The first kappa shape index (κ1) is 27.9. The molecule has 0 spiro atoms. The standard InChI is InChI=1S/C25H27FN5O5PS/c1-17-5-7-19(8-6-17)24(33)38-12-11-35-37(36-14-18-3-2-4-20(26)13-18)16-34-10-9-31-15-28-21-22(31)29-25(27)30-23(21)32/h2-8,13,15H,9-12,14,16H2,1H3,(H3,27,29,30,32). The van der Waals surface area contributed by atoms with E-state index in [-0.39, 0.29) is 48.6 Å². The number of aryl methyl sites for hydroxylation is 1. The molecule has 0 aliphatic rings. The predicted octanol–water partition coefficient (Wildman–Crippen LogP) is 4.24. The molecule has 4 rings (SSSR count). The van der Waals surface area contributed by atoms with Crippen molar-refractivity contribution in [1.82, 2.24) is 19.5 Å². The van der Waals surface area contributed by atoms with E-state index in [0.717, 1.165) is 5.56 Å². The number of nitrogens with two attached hydrogens (primary N) is 1. The van der Waals surface area contributed by atoms with Gasteiger partial charge < -0.3 is 24.1 Å². The summed E-state index contributed by atoms with van der Waals surface area (Å²) in [5.74, 6) is 0.100. The Morgan fingerprint density at radius 2 is 2.00 bits per heavy atom. The van der Waals surface area contributed by atoms with Gasteiger partial charge in [0.2, 0.25) is 11.1 Å². The molecule has 0 fully saturated rings. The second kappa shape index (κ2) is 13.6. The number of anilines is 1. The summed E-state index contributed by atoms with van der Waals surface area (Å²) in [5, 5.41) is -0.0319. The van der Waals surface area contributed by atoms with Crippen LogP contribution < -0.4 is 11.3 Å². The Kier molecular flexibility index (Phi) is 9.97. The molecule has 0 saturated carbocycles. The van der Waals surface area contributed by atoms with Crippen molar-refractivity contribution < 1.29 is 23.0 Å². The van der Waals surface area contributed by atoms with Crippen molar-refractivity contribution in [3.05, 3.63) is 87.7 Å². The third-order valence-corrected chi connectivity index (χ3v) is 7.42. The number of H-pyrrole nitrogens is 1. The highest BCUT2D eigenvalue weighted by Gasteiger charge is 2.14. The minimum Gasteiger partial charge on any atom is -0.370 e. The number of thioether (sulfide) groups is 1. The molecule has 0 amide bonds. The largest absolute Gasteiger partial charge is 0.370 e. The molecule has 200 valence electrons. The first-order chi connectivity index (χ1) is 18.4. The zero-order valence-electron chi connectivity index (χ0n) is 20.6. The lowest BCUT2D eigenvalue weighted by Crippen LogP contribution is -2.13. The Morgan fingerprint density at radius 1 is 1.18 bits per heavy atom. The number of nitrogen functional groups attached to an aromatic ring is 1. The lowest BCUT2D eigenvalue weighted by Gasteiger charge is -2.18. The van der Waals surface area contributed by atoms with Crippen LogP contribution in [0.2, 0.25) is 0 Å². The van der Waals surface area contributed by atoms with Gasteiger partial charge in [0.1, 0.15) is 12.2 Å². The van der Waals surface area contributed by atoms with Crippen LogP contribution >= 0.6 is 20.1 Å². The maximum atomic E-state index is 13.5. The molecule has 2 heterocycles. The molecule has 0 bridgehead atoms. The van der Waals surface area contributed by atoms with Crippen LogP contribution in [0.3, 0.4) is 0 Å². The van der Waals surface area contributed by atoms with Gasteiger partial charge in [-0.2, -0.15) is 4.98 Å². The fraction of sp³-hybridized carbons (Fsp3) is 0.280. The third-order valence-electron chi connectivity index (χ3n) is 5.27. The zero-order valence-corrected chi connectivity index (χ0v) is 22.3. The summed E-state index contributed by atoms with van der Waals surface area (Å²) in [6, 6.07) is 13.5. The van der Waals surface area contributed by atoms with Crippen LogP contribution in [0, 0.1) is 12.7 Å². The van der Waals surface area contributed by atoms with Gasteiger partial charge in [-0.3, -0.25) is 14.6 Å². The van der Waals surface area contributed by atoms with E-state index in [1.54, 1.807) is 28.8 Å². The van der Waals surface area contributed by atoms with Gasteiger partial charge in [0.25, 0.3) is 5.56 Å². The molecular weight excluding hydrogens is 532 g/mol. The number of aromatic nitrogens is 4. The van der Waals surface area contributed by atoms with Gasteiger partial charge in [0.15, 0.2) is 19.5 Å². The van der Waals surface area contributed by atoms with Gasteiger partial charge in [-0.1, -0.05) is 53.7 Å². The lowest BCUT2D eigenvalue weighted by molar-refractivity contribution is 0.108. The molecule has 13 heteroatoms. The van der Waals surface area contributed by atoms with E-state index in [9.17, 15) is 14.0 Å². The molecule has 0 radical (unpaired) electrons. The van der Waals surface area contributed by atoms with E-state index >= 15 is 0 Å². The maximum Gasteiger partial charge on any atom is 0.280 e. The third kappa shape index (κ3) is 7.92. The van der Waals surface area contributed by atoms with Gasteiger partial charge in [-0.25, -0.2) is 9.37 Å². The van der Waals surface area contributed by atoms with Crippen molar-refractivity contribution in [3.63, 3.8) is 0 Å². The summed E-state index contributed by atoms with van der Waals surface area (Å²) in [4.78, 5) is 34.9. The van der Waals surface area contributed by atoms with Gasteiger partial charge in [-0.15, -0.1) is 0 Å². The van der Waals surface area contributed by atoms with Gasteiger partial charge in [0, 0.05) is 17.9 Å². The topological polar surface area (TPSA) is 134 Å². The van der Waals surface area contributed by atoms with Crippen molar-refractivity contribution in [2.75, 3.05) is 31.0 Å². The second-order valence-corrected chi connectivity index (χ2v) is 10.7. The molecule has 3 N–H and O–H groups in total. The van der Waals surface area contributed by atoms with Gasteiger partial charge in [0.05, 0.1) is 26.1 Å².